The summed E-state index contributed by atoms with van der Waals surface area (Å²) < 4.78 is 5.64. The molecule has 0 atom stereocenters. The highest BCUT2D eigenvalue weighted by molar-refractivity contribution is 6.08. The number of hydrogen-bond acceptors (Lipinski definition) is 5. The zero-order chi connectivity index (χ0) is 23.5. The number of anilines is 1. The summed E-state index contributed by atoms with van der Waals surface area (Å²) in [5, 5.41) is 3.70. The molecule has 1 aromatic heterocycles. The molecule has 33 heavy (non-hydrogen) atoms. The van der Waals surface area contributed by atoms with Crippen LogP contribution in [0, 0.1) is 12.8 Å². The Morgan fingerprint density at radius 2 is 1.97 bits per heavy atom. The normalized spacial score (nSPS) is 13.2. The number of pyridine rings is 1. The SMILES string of the molecule is CCCCNC(=O)c1ccc(-c2cc3c(N)c(C(=O)CC4CC4)cnc3cc2OC)cc1C. The second-order valence-electron chi connectivity index (χ2n) is 8.87. The van der Waals surface area contributed by atoms with Gasteiger partial charge in [0.1, 0.15) is 5.75 Å². The Balaban J connectivity index is 1.71. The van der Waals surface area contributed by atoms with Gasteiger partial charge in [-0.2, -0.15) is 0 Å². The van der Waals surface area contributed by atoms with Gasteiger partial charge in [-0.1, -0.05) is 25.5 Å². The maximum Gasteiger partial charge on any atom is 0.251 e. The molecule has 0 aliphatic heterocycles. The van der Waals surface area contributed by atoms with Gasteiger partial charge in [-0.3, -0.25) is 14.6 Å². The van der Waals surface area contributed by atoms with E-state index in [-0.39, 0.29) is 11.7 Å². The summed E-state index contributed by atoms with van der Waals surface area (Å²) in [6, 6.07) is 9.51. The number of hydrogen-bond donors (Lipinski definition) is 2. The number of benzene rings is 2. The summed E-state index contributed by atoms with van der Waals surface area (Å²) in [6.07, 6.45) is 6.32. The van der Waals surface area contributed by atoms with Gasteiger partial charge in [-0.15, -0.1) is 0 Å². The first-order valence-electron chi connectivity index (χ1n) is 11.6. The lowest BCUT2D eigenvalue weighted by atomic mass is 9.96. The molecule has 6 heteroatoms. The fourth-order valence-corrected chi connectivity index (χ4v) is 4.11. The van der Waals surface area contributed by atoms with Crippen LogP contribution in [0.2, 0.25) is 0 Å². The first-order valence-corrected chi connectivity index (χ1v) is 11.6. The molecule has 2 aromatic carbocycles. The zero-order valence-electron chi connectivity index (χ0n) is 19.5. The molecule has 0 spiro atoms. The summed E-state index contributed by atoms with van der Waals surface area (Å²) in [4.78, 5) is 29.7. The number of aryl methyl sites for hydroxylation is 1. The first-order chi connectivity index (χ1) is 15.9. The standard InChI is InChI=1S/C27H31N3O3/c1-4-5-10-29-27(32)19-9-8-18(11-16(19)2)20-13-21-23(14-25(20)33-3)30-15-22(26(21)28)24(31)12-17-6-7-17/h8-9,11,13-15,17H,4-7,10,12H2,1-3H3,(H2,28,30)(H,29,32). The highest BCUT2D eigenvalue weighted by Gasteiger charge is 2.26. The van der Waals surface area contributed by atoms with Crippen LogP contribution in [0.25, 0.3) is 22.0 Å². The van der Waals surface area contributed by atoms with E-state index >= 15 is 0 Å². The zero-order valence-corrected chi connectivity index (χ0v) is 19.5. The molecule has 3 aromatic rings. The minimum absolute atomic E-state index is 0.0519. The highest BCUT2D eigenvalue weighted by Crippen LogP contribution is 2.38. The van der Waals surface area contributed by atoms with Crippen molar-refractivity contribution < 1.29 is 14.3 Å². The molecule has 0 saturated heterocycles. The fourth-order valence-electron chi connectivity index (χ4n) is 4.11. The monoisotopic (exact) mass is 445 g/mol. The van der Waals surface area contributed by atoms with Crippen LogP contribution < -0.4 is 15.8 Å². The van der Waals surface area contributed by atoms with Crippen molar-refractivity contribution in [3.05, 3.63) is 53.2 Å². The van der Waals surface area contributed by atoms with Gasteiger partial charge in [0.2, 0.25) is 0 Å². The molecule has 1 fully saturated rings. The molecule has 1 aliphatic rings. The van der Waals surface area contributed by atoms with E-state index < -0.39 is 0 Å². The fraction of sp³-hybridized carbons (Fsp3) is 0.370. The largest absolute Gasteiger partial charge is 0.496 e. The van der Waals surface area contributed by atoms with Gasteiger partial charge >= 0.3 is 0 Å². The average Bonchev–Trinajstić information content (AvgIpc) is 3.62. The number of unbranched alkanes of at least 4 members (excludes halogenated alkanes) is 1. The smallest absolute Gasteiger partial charge is 0.251 e. The van der Waals surface area contributed by atoms with E-state index in [2.05, 4.69) is 17.2 Å². The van der Waals surface area contributed by atoms with Crippen LogP contribution in [0.4, 0.5) is 5.69 Å². The predicted molar refractivity (Wildman–Crippen MR) is 132 cm³/mol. The molecule has 3 N–H and O–H groups in total. The molecule has 1 aliphatic carbocycles. The topological polar surface area (TPSA) is 94.3 Å². The van der Waals surface area contributed by atoms with Crippen LogP contribution in [-0.2, 0) is 0 Å². The van der Waals surface area contributed by atoms with Crippen LogP contribution in [0.3, 0.4) is 0 Å². The van der Waals surface area contributed by atoms with Gasteiger partial charge in [0.25, 0.3) is 5.91 Å². The van der Waals surface area contributed by atoms with Crippen molar-refractivity contribution in [1.29, 1.82) is 0 Å². The molecular weight excluding hydrogens is 414 g/mol. The Hall–Kier alpha value is -3.41. The summed E-state index contributed by atoms with van der Waals surface area (Å²) in [6.45, 7) is 4.69. The van der Waals surface area contributed by atoms with Gasteiger partial charge in [0.15, 0.2) is 5.78 Å². The Morgan fingerprint density at radius 1 is 1.18 bits per heavy atom. The molecule has 172 valence electrons. The number of carbonyl (C=O) groups excluding carboxylic acids is 2. The second kappa shape index (κ2) is 9.61. The van der Waals surface area contributed by atoms with Crippen molar-refractivity contribution in [2.24, 2.45) is 5.92 Å². The summed E-state index contributed by atoms with van der Waals surface area (Å²) in [5.74, 6) is 1.13. The van der Waals surface area contributed by atoms with Crippen LogP contribution >= 0.6 is 0 Å². The van der Waals surface area contributed by atoms with Gasteiger partial charge in [-0.25, -0.2) is 0 Å². The number of fused-ring (bicyclic) bond motifs is 1. The number of Topliss-reactive ketones (excluding diaryl/α,β-unsaturated/α-hetero) is 1. The number of amides is 1. The molecule has 1 saturated carbocycles. The quantitative estimate of drug-likeness (QED) is 0.344. The van der Waals surface area contributed by atoms with Crippen molar-refractivity contribution in [3.8, 4) is 16.9 Å². The Kier molecular flexibility index (Phi) is 6.63. The number of carbonyl (C=O) groups is 2. The summed E-state index contributed by atoms with van der Waals surface area (Å²) >= 11 is 0. The van der Waals surface area contributed by atoms with E-state index in [0.29, 0.717) is 47.0 Å². The minimum Gasteiger partial charge on any atom is -0.496 e. The average molecular weight is 446 g/mol. The molecular formula is C27H31N3O3. The van der Waals surface area contributed by atoms with Crippen molar-refractivity contribution >= 4 is 28.3 Å². The Morgan fingerprint density at radius 3 is 2.64 bits per heavy atom. The van der Waals surface area contributed by atoms with E-state index in [1.54, 1.807) is 13.3 Å². The number of nitrogens with one attached hydrogen (secondary N) is 1. The van der Waals surface area contributed by atoms with Crippen LogP contribution in [-0.4, -0.2) is 30.3 Å². The minimum atomic E-state index is -0.0646. The highest BCUT2D eigenvalue weighted by atomic mass is 16.5. The second-order valence-corrected chi connectivity index (χ2v) is 8.87. The van der Waals surface area contributed by atoms with E-state index in [9.17, 15) is 9.59 Å². The summed E-state index contributed by atoms with van der Waals surface area (Å²) in [5.41, 5.74) is 11.4. The molecule has 1 heterocycles. The first kappa shape index (κ1) is 22.8. The lowest BCUT2D eigenvalue weighted by molar-refractivity contribution is 0.0950. The van der Waals surface area contributed by atoms with Crippen LogP contribution in [0.15, 0.2) is 36.5 Å². The lowest BCUT2D eigenvalue weighted by Crippen LogP contribution is -2.25. The van der Waals surface area contributed by atoms with Crippen molar-refractivity contribution in [3.63, 3.8) is 0 Å². The van der Waals surface area contributed by atoms with Gasteiger partial charge < -0.3 is 15.8 Å². The lowest BCUT2D eigenvalue weighted by Gasteiger charge is -2.15. The number of ketones is 1. The van der Waals surface area contributed by atoms with Gasteiger partial charge in [-0.05, 0) is 55.4 Å². The third-order valence-corrected chi connectivity index (χ3v) is 6.30. The molecule has 0 bridgehead atoms. The van der Waals surface area contributed by atoms with Crippen molar-refractivity contribution in [2.45, 2.75) is 46.0 Å². The molecule has 4 rings (SSSR count). The third kappa shape index (κ3) is 4.85. The molecule has 6 nitrogen and oxygen atoms in total. The predicted octanol–water partition coefficient (Wildman–Crippen LogP) is 5.31. The van der Waals surface area contributed by atoms with Gasteiger partial charge in [0.05, 0.1) is 23.9 Å². The van der Waals surface area contributed by atoms with E-state index in [1.807, 2.05) is 37.3 Å². The van der Waals surface area contributed by atoms with E-state index in [0.717, 1.165) is 47.8 Å². The Labute approximate surface area is 194 Å². The number of methoxy groups -OCH3 is 1. The maximum atomic E-state index is 12.7. The third-order valence-electron chi connectivity index (χ3n) is 6.30. The number of nitrogens with zero attached hydrogens (tertiary/aromatic N) is 1. The van der Waals surface area contributed by atoms with E-state index in [4.69, 9.17) is 10.5 Å². The number of ether oxygens (including phenoxy) is 1. The van der Waals surface area contributed by atoms with Gasteiger partial charge in [0, 0.05) is 41.7 Å². The maximum absolute atomic E-state index is 12.7. The summed E-state index contributed by atoms with van der Waals surface area (Å²) in [7, 11) is 1.62. The number of rotatable bonds is 9. The molecule has 1 amide bonds. The van der Waals surface area contributed by atoms with Crippen molar-refractivity contribution in [2.75, 3.05) is 19.4 Å². The van der Waals surface area contributed by atoms with E-state index in [1.165, 1.54) is 0 Å². The number of aromatic nitrogens is 1. The van der Waals surface area contributed by atoms with Crippen LogP contribution in [0.1, 0.15) is 65.3 Å². The Bertz CT molecular complexity index is 1210. The number of nitrogens with two attached hydrogens (primary N) is 1. The molecule has 0 radical (unpaired) electrons. The van der Waals surface area contributed by atoms with Crippen molar-refractivity contribution in [1.82, 2.24) is 10.3 Å². The van der Waals surface area contributed by atoms with Crippen LogP contribution in [0.5, 0.6) is 5.75 Å². The number of nitrogen functional groups attached to an aromatic ring is 1. The molecule has 0 unspecified atom stereocenters.